The zero-order chi connectivity index (χ0) is 15.9. The van der Waals surface area contributed by atoms with E-state index in [1.807, 2.05) is 31.4 Å². The van der Waals surface area contributed by atoms with Gasteiger partial charge in [0.25, 0.3) is 11.1 Å². The van der Waals surface area contributed by atoms with E-state index in [9.17, 15) is 9.59 Å². The molecule has 118 valence electrons. The van der Waals surface area contributed by atoms with Gasteiger partial charge in [0, 0.05) is 6.54 Å². The second-order valence-electron chi connectivity index (χ2n) is 4.79. The third kappa shape index (κ3) is 5.15. The number of aromatic nitrogens is 2. The Labute approximate surface area is 135 Å². The summed E-state index contributed by atoms with van der Waals surface area (Å²) in [4.78, 5) is 23.9. The lowest BCUT2D eigenvalue weighted by atomic mass is 10.2. The molecule has 0 atom stereocenters. The second-order valence-corrected chi connectivity index (χ2v) is 6.67. The van der Waals surface area contributed by atoms with Crippen LogP contribution in [0.25, 0.3) is 10.8 Å². The van der Waals surface area contributed by atoms with Gasteiger partial charge in [-0.1, -0.05) is 31.7 Å². The van der Waals surface area contributed by atoms with E-state index in [-0.39, 0.29) is 5.75 Å². The first-order chi connectivity index (χ1) is 10.5. The van der Waals surface area contributed by atoms with Crippen LogP contribution in [0.1, 0.15) is 13.8 Å². The summed E-state index contributed by atoms with van der Waals surface area (Å²) < 4.78 is 5.43. The molecule has 0 radical (unpaired) electrons. The molecule has 0 aromatic carbocycles. The highest BCUT2D eigenvalue weighted by molar-refractivity contribution is 7.99. The monoisotopic (exact) mass is 340 g/mol. The molecule has 0 bridgehead atoms. The van der Waals surface area contributed by atoms with E-state index in [0.29, 0.717) is 23.6 Å². The van der Waals surface area contributed by atoms with Gasteiger partial charge in [0.15, 0.2) is 0 Å². The minimum atomic E-state index is -0.496. The fourth-order valence-corrected chi connectivity index (χ4v) is 2.61. The van der Waals surface area contributed by atoms with Crippen LogP contribution in [-0.2, 0) is 4.79 Å². The van der Waals surface area contributed by atoms with Gasteiger partial charge in [-0.25, -0.2) is 4.79 Å². The normalized spacial score (nSPS) is 10.7. The summed E-state index contributed by atoms with van der Waals surface area (Å²) in [5.74, 6) is 0.361. The average Bonchev–Trinajstić information content (AvgIpc) is 3.13. The highest BCUT2D eigenvalue weighted by atomic mass is 32.2. The Bertz CT molecular complexity index is 625. The van der Waals surface area contributed by atoms with Gasteiger partial charge >= 0.3 is 6.03 Å². The van der Waals surface area contributed by atoms with Crippen LogP contribution >= 0.6 is 23.1 Å². The first-order valence-corrected chi connectivity index (χ1v) is 8.49. The van der Waals surface area contributed by atoms with Gasteiger partial charge in [0.05, 0.1) is 10.6 Å². The average molecular weight is 340 g/mol. The molecule has 9 heteroatoms. The summed E-state index contributed by atoms with van der Waals surface area (Å²) >= 11 is 2.58. The first-order valence-electron chi connectivity index (χ1n) is 6.62. The van der Waals surface area contributed by atoms with Crippen LogP contribution in [0.3, 0.4) is 0 Å². The molecular formula is C13H16N4O3S2. The lowest BCUT2D eigenvalue weighted by Gasteiger charge is -2.07. The predicted molar refractivity (Wildman–Crippen MR) is 84.7 cm³/mol. The van der Waals surface area contributed by atoms with Gasteiger partial charge < -0.3 is 9.73 Å². The molecule has 3 amide bonds. The fourth-order valence-electron chi connectivity index (χ4n) is 1.40. The number of hydrogen-bond donors (Lipinski definition) is 2. The Hall–Kier alpha value is -1.87. The third-order valence-electron chi connectivity index (χ3n) is 2.39. The maximum Gasteiger partial charge on any atom is 0.321 e. The van der Waals surface area contributed by atoms with Crippen LogP contribution in [-0.4, -0.2) is 34.4 Å². The summed E-state index contributed by atoms with van der Waals surface area (Å²) in [5, 5.41) is 14.8. The Kier molecular flexibility index (Phi) is 5.96. The zero-order valence-corrected chi connectivity index (χ0v) is 13.8. The minimum Gasteiger partial charge on any atom is -0.410 e. The number of thioether (sulfide) groups is 1. The topological polar surface area (TPSA) is 97.1 Å². The first kappa shape index (κ1) is 16.5. The number of amides is 3. The van der Waals surface area contributed by atoms with Crippen LogP contribution in [0.5, 0.6) is 0 Å². The molecule has 2 rings (SSSR count). The van der Waals surface area contributed by atoms with Crippen molar-refractivity contribution >= 4 is 35.0 Å². The Morgan fingerprint density at radius 3 is 2.91 bits per heavy atom. The molecule has 0 fully saturated rings. The molecule has 2 aromatic rings. The number of rotatable bonds is 6. The van der Waals surface area contributed by atoms with Crippen molar-refractivity contribution in [3.05, 3.63) is 17.5 Å². The lowest BCUT2D eigenvalue weighted by Crippen LogP contribution is -2.41. The van der Waals surface area contributed by atoms with Crippen molar-refractivity contribution in [1.29, 1.82) is 0 Å². The molecule has 2 aromatic heterocycles. The van der Waals surface area contributed by atoms with Crippen LogP contribution in [0, 0.1) is 5.92 Å². The molecule has 0 saturated heterocycles. The molecule has 0 spiro atoms. The number of imide groups is 1. The molecule has 22 heavy (non-hydrogen) atoms. The molecule has 0 aliphatic rings. The highest BCUT2D eigenvalue weighted by Crippen LogP contribution is 2.26. The van der Waals surface area contributed by atoms with E-state index >= 15 is 0 Å². The quantitative estimate of drug-likeness (QED) is 0.784. The lowest BCUT2D eigenvalue weighted by molar-refractivity contribution is -0.117. The standard InChI is InChI=1S/C13H16N4O3S2/c1-8(2)6-14-12(19)15-10(18)7-22-13-17-16-11(20-13)9-4-3-5-21-9/h3-5,8H,6-7H2,1-2H3,(H2,14,15,18,19). The van der Waals surface area contributed by atoms with Crippen molar-refractivity contribution in [2.45, 2.75) is 19.1 Å². The molecule has 2 heterocycles. The molecule has 2 N–H and O–H groups in total. The van der Waals surface area contributed by atoms with E-state index in [4.69, 9.17) is 4.42 Å². The van der Waals surface area contributed by atoms with Gasteiger partial charge in [-0.2, -0.15) is 0 Å². The number of thiophene rings is 1. The highest BCUT2D eigenvalue weighted by Gasteiger charge is 2.13. The second kappa shape index (κ2) is 7.95. The maximum absolute atomic E-state index is 11.6. The SMILES string of the molecule is CC(C)CNC(=O)NC(=O)CSc1nnc(-c2cccs2)o1. The third-order valence-corrected chi connectivity index (χ3v) is 4.07. The zero-order valence-electron chi connectivity index (χ0n) is 12.2. The molecule has 0 saturated carbocycles. The van der Waals surface area contributed by atoms with Crippen molar-refractivity contribution in [2.75, 3.05) is 12.3 Å². The molecule has 0 aliphatic heterocycles. The smallest absolute Gasteiger partial charge is 0.321 e. The largest absolute Gasteiger partial charge is 0.410 e. The number of urea groups is 1. The van der Waals surface area contributed by atoms with E-state index < -0.39 is 11.9 Å². The van der Waals surface area contributed by atoms with Gasteiger partial charge in [-0.05, 0) is 17.4 Å². The molecular weight excluding hydrogens is 324 g/mol. The van der Waals surface area contributed by atoms with Gasteiger partial charge in [-0.15, -0.1) is 21.5 Å². The number of carbonyl (C=O) groups is 2. The number of nitrogens with one attached hydrogen (secondary N) is 2. The van der Waals surface area contributed by atoms with Crippen LogP contribution in [0.15, 0.2) is 27.2 Å². The maximum atomic E-state index is 11.6. The van der Waals surface area contributed by atoms with Crippen molar-refractivity contribution in [1.82, 2.24) is 20.8 Å². The molecule has 7 nitrogen and oxygen atoms in total. The van der Waals surface area contributed by atoms with Crippen LogP contribution in [0.4, 0.5) is 4.79 Å². The summed E-state index contributed by atoms with van der Waals surface area (Å²) in [7, 11) is 0. The number of carbonyl (C=O) groups excluding carboxylic acids is 2. The number of nitrogens with zero attached hydrogens (tertiary/aromatic N) is 2. The van der Waals surface area contributed by atoms with Crippen molar-refractivity contribution in [2.24, 2.45) is 5.92 Å². The number of hydrogen-bond acceptors (Lipinski definition) is 7. The fraction of sp³-hybridized carbons (Fsp3) is 0.385. The van der Waals surface area contributed by atoms with Gasteiger partial charge in [0.2, 0.25) is 5.91 Å². The van der Waals surface area contributed by atoms with Crippen LogP contribution in [0.2, 0.25) is 0 Å². The van der Waals surface area contributed by atoms with Gasteiger partial charge in [-0.3, -0.25) is 10.1 Å². The van der Waals surface area contributed by atoms with Crippen LogP contribution < -0.4 is 10.6 Å². The van der Waals surface area contributed by atoms with E-state index in [0.717, 1.165) is 16.6 Å². The summed E-state index contributed by atoms with van der Waals surface area (Å²) in [6.45, 7) is 4.46. The summed E-state index contributed by atoms with van der Waals surface area (Å²) in [6.07, 6.45) is 0. The van der Waals surface area contributed by atoms with Gasteiger partial charge in [0.1, 0.15) is 0 Å². The van der Waals surface area contributed by atoms with E-state index in [2.05, 4.69) is 20.8 Å². The summed E-state index contributed by atoms with van der Waals surface area (Å²) in [6, 6.07) is 3.27. The van der Waals surface area contributed by atoms with Crippen molar-refractivity contribution in [3.63, 3.8) is 0 Å². The van der Waals surface area contributed by atoms with Crippen molar-refractivity contribution in [3.8, 4) is 10.8 Å². The predicted octanol–water partition coefficient (Wildman–Crippen LogP) is 2.37. The molecule has 0 aliphatic carbocycles. The minimum absolute atomic E-state index is 0.0289. The molecule has 0 unspecified atom stereocenters. The van der Waals surface area contributed by atoms with E-state index in [1.165, 1.54) is 11.3 Å². The Morgan fingerprint density at radius 2 is 2.23 bits per heavy atom. The Balaban J connectivity index is 1.76. The Morgan fingerprint density at radius 1 is 1.41 bits per heavy atom. The summed E-state index contributed by atoms with van der Waals surface area (Å²) in [5.41, 5.74) is 0. The van der Waals surface area contributed by atoms with E-state index in [1.54, 1.807) is 0 Å². The van der Waals surface area contributed by atoms with Crippen molar-refractivity contribution < 1.29 is 14.0 Å².